The molecule has 84 valence electrons. The van der Waals surface area contributed by atoms with Crippen LogP contribution in [0, 0.1) is 5.92 Å². The lowest BCUT2D eigenvalue weighted by atomic mass is 10.1. The Labute approximate surface area is 92.7 Å². The van der Waals surface area contributed by atoms with Crippen molar-refractivity contribution in [3.8, 4) is 0 Å². The van der Waals surface area contributed by atoms with E-state index in [0.717, 1.165) is 12.1 Å². The van der Waals surface area contributed by atoms with Gasteiger partial charge >= 0.3 is 5.97 Å². The Morgan fingerprint density at radius 2 is 2.31 bits per heavy atom. The maximum absolute atomic E-state index is 10.9. The smallest absolute Gasteiger partial charge is 0.354 e. The van der Waals surface area contributed by atoms with Gasteiger partial charge in [0, 0.05) is 11.8 Å². The lowest BCUT2D eigenvalue weighted by Gasteiger charge is -2.08. The predicted octanol–water partition coefficient (Wildman–Crippen LogP) is 1.63. The second-order valence-corrected chi connectivity index (χ2v) is 4.14. The van der Waals surface area contributed by atoms with Crippen LogP contribution in [-0.4, -0.2) is 25.7 Å². The molecule has 0 spiro atoms. The van der Waals surface area contributed by atoms with Crippen molar-refractivity contribution >= 4 is 11.6 Å². The Morgan fingerprint density at radius 3 is 2.94 bits per heavy atom. The molecule has 16 heavy (non-hydrogen) atoms. The van der Waals surface area contributed by atoms with Gasteiger partial charge in [-0.15, -0.1) is 0 Å². The van der Waals surface area contributed by atoms with Crippen LogP contribution in [0.25, 0.3) is 5.65 Å². The van der Waals surface area contributed by atoms with Crippen molar-refractivity contribution in [2.24, 2.45) is 5.92 Å². The summed E-state index contributed by atoms with van der Waals surface area (Å²) < 4.78 is 1.69. The van der Waals surface area contributed by atoms with Gasteiger partial charge in [0.15, 0.2) is 11.3 Å². The van der Waals surface area contributed by atoms with Crippen molar-refractivity contribution in [3.05, 3.63) is 29.7 Å². The van der Waals surface area contributed by atoms with E-state index in [0.29, 0.717) is 11.6 Å². The fourth-order valence-electron chi connectivity index (χ4n) is 1.65. The van der Waals surface area contributed by atoms with Crippen LogP contribution in [0.4, 0.5) is 0 Å². The van der Waals surface area contributed by atoms with Crippen molar-refractivity contribution in [2.45, 2.75) is 20.3 Å². The van der Waals surface area contributed by atoms with Gasteiger partial charge in [0.2, 0.25) is 0 Å². The number of fused-ring (bicyclic) bond motifs is 1. The van der Waals surface area contributed by atoms with Crippen molar-refractivity contribution < 1.29 is 9.90 Å². The molecule has 5 heteroatoms. The van der Waals surface area contributed by atoms with Crippen molar-refractivity contribution in [1.82, 2.24) is 14.6 Å². The molecule has 0 fully saturated rings. The average molecular weight is 219 g/mol. The highest BCUT2D eigenvalue weighted by molar-refractivity contribution is 5.86. The summed E-state index contributed by atoms with van der Waals surface area (Å²) in [6.07, 6.45) is 2.40. The summed E-state index contributed by atoms with van der Waals surface area (Å²) in [6, 6.07) is 3.29. The molecule has 1 N–H and O–H groups in total. The topological polar surface area (TPSA) is 67.5 Å². The number of nitrogens with zero attached hydrogens (tertiary/aromatic N) is 3. The quantitative estimate of drug-likeness (QED) is 0.851. The summed E-state index contributed by atoms with van der Waals surface area (Å²) in [5, 5.41) is 13.1. The van der Waals surface area contributed by atoms with E-state index in [1.54, 1.807) is 22.8 Å². The summed E-state index contributed by atoms with van der Waals surface area (Å²) in [7, 11) is 0. The number of aromatic nitrogens is 3. The zero-order chi connectivity index (χ0) is 11.7. The number of hydrogen-bond donors (Lipinski definition) is 1. The van der Waals surface area contributed by atoms with Gasteiger partial charge in [-0.3, -0.25) is 0 Å². The van der Waals surface area contributed by atoms with Gasteiger partial charge in [-0.05, 0) is 18.4 Å². The van der Waals surface area contributed by atoms with Gasteiger partial charge in [-0.25, -0.2) is 14.3 Å². The highest BCUT2D eigenvalue weighted by Crippen LogP contribution is 2.11. The van der Waals surface area contributed by atoms with Gasteiger partial charge in [0.1, 0.15) is 0 Å². The molecule has 0 amide bonds. The van der Waals surface area contributed by atoms with Crippen LogP contribution in [0.1, 0.15) is 30.0 Å². The van der Waals surface area contributed by atoms with Crippen molar-refractivity contribution in [3.63, 3.8) is 0 Å². The second-order valence-electron chi connectivity index (χ2n) is 4.14. The van der Waals surface area contributed by atoms with Gasteiger partial charge in [-0.1, -0.05) is 13.8 Å². The minimum absolute atomic E-state index is 0.0728. The normalized spacial score (nSPS) is 11.2. The molecule has 2 heterocycles. The number of carboxylic acid groups (broad SMARTS) is 1. The molecule has 0 aliphatic carbocycles. The highest BCUT2D eigenvalue weighted by atomic mass is 16.4. The van der Waals surface area contributed by atoms with E-state index in [9.17, 15) is 4.79 Å². The molecule has 0 aliphatic heterocycles. The van der Waals surface area contributed by atoms with E-state index in [1.165, 1.54) is 0 Å². The molecular formula is C11H13N3O2. The minimum Gasteiger partial charge on any atom is -0.477 e. The molecule has 2 aromatic rings. The summed E-state index contributed by atoms with van der Waals surface area (Å²) in [5.41, 5.74) is 1.53. The second kappa shape index (κ2) is 3.92. The van der Waals surface area contributed by atoms with E-state index < -0.39 is 5.97 Å². The molecule has 2 rings (SSSR count). The van der Waals surface area contributed by atoms with Crippen molar-refractivity contribution in [2.75, 3.05) is 0 Å². The zero-order valence-corrected chi connectivity index (χ0v) is 9.21. The van der Waals surface area contributed by atoms with Crippen LogP contribution in [0.15, 0.2) is 18.3 Å². The number of hydrogen-bond acceptors (Lipinski definition) is 3. The Bertz CT molecular complexity index is 531. The Morgan fingerprint density at radius 1 is 1.56 bits per heavy atom. The number of carboxylic acids is 1. The molecule has 0 saturated carbocycles. The lowest BCUT2D eigenvalue weighted by Crippen LogP contribution is -2.09. The Hall–Kier alpha value is -1.91. The van der Waals surface area contributed by atoms with Crippen LogP contribution in [0.5, 0.6) is 0 Å². The van der Waals surface area contributed by atoms with E-state index in [-0.39, 0.29) is 5.69 Å². The Kier molecular flexibility index (Phi) is 2.60. The predicted molar refractivity (Wildman–Crippen MR) is 58.5 cm³/mol. The standard InChI is InChI=1S/C11H13N3O2/c1-7(2)5-8-6-9(11(15)16)13-10-3-4-12-14(8)10/h3-4,6-7H,5H2,1-2H3,(H,15,16). The number of rotatable bonds is 3. The third-order valence-corrected chi connectivity index (χ3v) is 2.27. The SMILES string of the molecule is CC(C)Cc1cc(C(=O)O)nc2ccnn12. The summed E-state index contributed by atoms with van der Waals surface area (Å²) in [4.78, 5) is 14.9. The first-order valence-corrected chi connectivity index (χ1v) is 5.15. The maximum Gasteiger partial charge on any atom is 0.354 e. The van der Waals surface area contributed by atoms with Gasteiger partial charge in [-0.2, -0.15) is 5.10 Å². The van der Waals surface area contributed by atoms with Crippen LogP contribution in [0.2, 0.25) is 0 Å². The maximum atomic E-state index is 10.9. The summed E-state index contributed by atoms with van der Waals surface area (Å²) in [5.74, 6) is -0.565. The molecular weight excluding hydrogens is 206 g/mol. The third-order valence-electron chi connectivity index (χ3n) is 2.27. The molecule has 0 atom stereocenters. The van der Waals surface area contributed by atoms with E-state index in [2.05, 4.69) is 23.9 Å². The van der Waals surface area contributed by atoms with Gasteiger partial charge in [0.25, 0.3) is 0 Å². The highest BCUT2D eigenvalue weighted by Gasteiger charge is 2.12. The molecule has 0 saturated heterocycles. The number of aromatic carboxylic acids is 1. The molecule has 0 aromatic carbocycles. The molecule has 0 aliphatic rings. The molecule has 5 nitrogen and oxygen atoms in total. The fraction of sp³-hybridized carbons (Fsp3) is 0.364. The number of carbonyl (C=O) groups is 1. The van der Waals surface area contributed by atoms with Crippen molar-refractivity contribution in [1.29, 1.82) is 0 Å². The van der Waals surface area contributed by atoms with Gasteiger partial charge < -0.3 is 5.11 Å². The van der Waals surface area contributed by atoms with Crippen LogP contribution < -0.4 is 0 Å². The molecule has 2 aromatic heterocycles. The summed E-state index contributed by atoms with van der Waals surface area (Å²) >= 11 is 0. The first-order valence-electron chi connectivity index (χ1n) is 5.15. The first kappa shape index (κ1) is 10.6. The monoisotopic (exact) mass is 219 g/mol. The molecule has 0 bridgehead atoms. The van der Waals surface area contributed by atoms with E-state index in [1.807, 2.05) is 0 Å². The lowest BCUT2D eigenvalue weighted by molar-refractivity contribution is 0.0690. The largest absolute Gasteiger partial charge is 0.477 e. The molecule has 0 unspecified atom stereocenters. The van der Waals surface area contributed by atoms with Crippen LogP contribution in [-0.2, 0) is 6.42 Å². The van der Waals surface area contributed by atoms with Gasteiger partial charge in [0.05, 0.1) is 6.20 Å². The fourth-order valence-corrected chi connectivity index (χ4v) is 1.65. The Balaban J connectivity index is 2.59. The summed E-state index contributed by atoms with van der Waals surface area (Å²) in [6.45, 7) is 4.16. The van der Waals surface area contributed by atoms with E-state index >= 15 is 0 Å². The third kappa shape index (κ3) is 1.88. The zero-order valence-electron chi connectivity index (χ0n) is 9.21. The minimum atomic E-state index is -1.01. The first-order chi connectivity index (χ1) is 7.58. The molecule has 0 radical (unpaired) electrons. The van der Waals surface area contributed by atoms with E-state index in [4.69, 9.17) is 5.11 Å². The average Bonchev–Trinajstić information content (AvgIpc) is 2.64. The van der Waals surface area contributed by atoms with Crippen LogP contribution in [0.3, 0.4) is 0 Å². The van der Waals surface area contributed by atoms with Crippen LogP contribution >= 0.6 is 0 Å².